The average Bonchev–Trinajstić information content (AvgIpc) is 3.73. The molecule has 246 valence electrons. The molecule has 4 nitrogen and oxygen atoms in total. The van der Waals surface area contributed by atoms with Gasteiger partial charge in [-0.1, -0.05) is 121 Å². The second-order valence-electron chi connectivity index (χ2n) is 13.4. The molecule has 0 atom stereocenters. The van der Waals surface area contributed by atoms with E-state index >= 15 is 0 Å². The van der Waals surface area contributed by atoms with Crippen molar-refractivity contribution in [1.29, 1.82) is 0 Å². The Hall–Kier alpha value is -6.43. The fourth-order valence-electron chi connectivity index (χ4n) is 7.52. The van der Waals surface area contributed by atoms with Gasteiger partial charge in [0.1, 0.15) is 0 Å². The molecule has 0 spiro atoms. The van der Waals surface area contributed by atoms with Crippen LogP contribution in [0.5, 0.6) is 0 Å². The van der Waals surface area contributed by atoms with Gasteiger partial charge in [0.2, 0.25) is 0 Å². The minimum Gasteiger partial charge on any atom is -0.308 e. The summed E-state index contributed by atoms with van der Waals surface area (Å²) in [4.78, 5) is 15.6. The monoisotopic (exact) mass is 684 g/mol. The number of fused-ring (bicyclic) bond motifs is 6. The lowest BCUT2D eigenvalue weighted by atomic mass is 9.96. The molecule has 7 aromatic carbocycles. The van der Waals surface area contributed by atoms with Crippen molar-refractivity contribution in [2.75, 3.05) is 0 Å². The van der Waals surface area contributed by atoms with Gasteiger partial charge in [0, 0.05) is 47.6 Å². The number of hydrogen-bond acceptors (Lipinski definition) is 4. The van der Waals surface area contributed by atoms with Crippen molar-refractivity contribution >= 4 is 53.3 Å². The summed E-state index contributed by atoms with van der Waals surface area (Å²) < 4.78 is 4.96. The zero-order valence-corrected chi connectivity index (χ0v) is 29.5. The largest absolute Gasteiger partial charge is 0.308 e. The quantitative estimate of drug-likeness (QED) is 0.181. The van der Waals surface area contributed by atoms with Gasteiger partial charge in [0.25, 0.3) is 0 Å². The third kappa shape index (κ3) is 5.01. The molecule has 0 amide bonds. The zero-order valence-electron chi connectivity index (χ0n) is 28.7. The van der Waals surface area contributed by atoms with Crippen LogP contribution in [0.15, 0.2) is 158 Å². The first-order valence-corrected chi connectivity index (χ1v) is 18.3. The predicted octanol–water partition coefficient (Wildman–Crippen LogP) is 12.6. The van der Waals surface area contributed by atoms with Gasteiger partial charge in [-0.05, 0) is 72.5 Å². The Morgan fingerprint density at radius 1 is 0.423 bits per heavy atom. The van der Waals surface area contributed by atoms with E-state index in [1.807, 2.05) is 47.7 Å². The fraction of sp³-hybridized carbons (Fsp3) is 0.0426. The van der Waals surface area contributed by atoms with Crippen LogP contribution in [0.25, 0.3) is 93.0 Å². The second kappa shape index (κ2) is 12.1. The number of nitrogens with zero attached hydrogens (tertiary/aromatic N) is 4. The number of aryl methyl sites for hydroxylation is 2. The molecule has 10 aromatic rings. The highest BCUT2D eigenvalue weighted by Gasteiger charge is 2.21. The standard InChI is InChI=1S/C47H32N4S/c1-29-20-23-35-36-24-21-30(2)27-41(36)51(40(35)26-29)39-25-22-33(34-17-11-19-43-44(34)37-16-9-10-18-42(37)52-43)28-38(39)47-49-45(31-12-5-3-6-13-31)48-46(50-47)32-14-7-4-8-15-32/h3-28H,1-2H3. The first-order chi connectivity index (χ1) is 25.6. The van der Waals surface area contributed by atoms with Gasteiger partial charge in [-0.25, -0.2) is 15.0 Å². The molecule has 0 aliphatic heterocycles. The lowest BCUT2D eigenvalue weighted by Crippen LogP contribution is -2.04. The van der Waals surface area contributed by atoms with Gasteiger partial charge >= 0.3 is 0 Å². The third-order valence-corrected chi connectivity index (χ3v) is 11.1. The predicted molar refractivity (Wildman–Crippen MR) is 218 cm³/mol. The van der Waals surface area contributed by atoms with Crippen molar-refractivity contribution in [3.8, 4) is 51.0 Å². The van der Waals surface area contributed by atoms with Gasteiger partial charge in [0.15, 0.2) is 17.5 Å². The number of hydrogen-bond donors (Lipinski definition) is 0. The summed E-state index contributed by atoms with van der Waals surface area (Å²) in [6, 6.07) is 56.0. The van der Waals surface area contributed by atoms with Crippen LogP contribution < -0.4 is 0 Å². The van der Waals surface area contributed by atoms with Crippen LogP contribution in [-0.4, -0.2) is 19.5 Å². The van der Waals surface area contributed by atoms with Crippen molar-refractivity contribution in [2.45, 2.75) is 13.8 Å². The Morgan fingerprint density at radius 3 is 1.65 bits per heavy atom. The molecule has 52 heavy (non-hydrogen) atoms. The van der Waals surface area contributed by atoms with Gasteiger partial charge < -0.3 is 4.57 Å². The fourth-order valence-corrected chi connectivity index (χ4v) is 8.65. The van der Waals surface area contributed by atoms with E-state index < -0.39 is 0 Å². The molecule has 0 saturated carbocycles. The molecule has 0 fully saturated rings. The van der Waals surface area contributed by atoms with Crippen molar-refractivity contribution in [1.82, 2.24) is 19.5 Å². The van der Waals surface area contributed by atoms with Crippen LogP contribution in [-0.2, 0) is 0 Å². The summed E-state index contributed by atoms with van der Waals surface area (Å²) >= 11 is 1.84. The van der Waals surface area contributed by atoms with Gasteiger partial charge in [-0.15, -0.1) is 11.3 Å². The molecule has 0 bridgehead atoms. The third-order valence-electron chi connectivity index (χ3n) is 9.97. The first-order valence-electron chi connectivity index (χ1n) is 17.5. The van der Waals surface area contributed by atoms with Gasteiger partial charge in [-0.3, -0.25) is 0 Å². The number of rotatable bonds is 5. The van der Waals surface area contributed by atoms with Crippen LogP contribution in [0, 0.1) is 13.8 Å². The van der Waals surface area contributed by atoms with E-state index in [4.69, 9.17) is 15.0 Å². The van der Waals surface area contributed by atoms with Crippen molar-refractivity contribution < 1.29 is 0 Å². The maximum Gasteiger partial charge on any atom is 0.166 e. The first kappa shape index (κ1) is 30.4. The Kier molecular flexibility index (Phi) is 7.08. The summed E-state index contributed by atoms with van der Waals surface area (Å²) in [5.74, 6) is 1.91. The van der Waals surface area contributed by atoms with E-state index in [2.05, 4.69) is 140 Å². The Balaban J connectivity index is 1.32. The van der Waals surface area contributed by atoms with Crippen molar-refractivity contribution in [2.24, 2.45) is 0 Å². The lowest BCUT2D eigenvalue weighted by molar-refractivity contribution is 1.06. The van der Waals surface area contributed by atoms with E-state index in [9.17, 15) is 0 Å². The topological polar surface area (TPSA) is 43.6 Å². The molecular weight excluding hydrogens is 653 g/mol. The Labute approximate surface area is 305 Å². The minimum absolute atomic E-state index is 0.627. The summed E-state index contributed by atoms with van der Waals surface area (Å²) in [5.41, 5.74) is 10.9. The molecule has 10 rings (SSSR count). The Morgan fingerprint density at radius 2 is 1.00 bits per heavy atom. The molecule has 0 aliphatic carbocycles. The normalized spacial score (nSPS) is 11.7. The highest BCUT2D eigenvalue weighted by molar-refractivity contribution is 7.25. The highest BCUT2D eigenvalue weighted by Crippen LogP contribution is 2.43. The van der Waals surface area contributed by atoms with E-state index in [0.29, 0.717) is 17.5 Å². The van der Waals surface area contributed by atoms with Crippen LogP contribution >= 0.6 is 11.3 Å². The molecule has 3 heterocycles. The SMILES string of the molecule is Cc1ccc2c3ccc(C)cc3n(-c3ccc(-c4cccc5sc6ccccc6c45)cc3-c3nc(-c4ccccc4)nc(-c4ccccc4)n3)c2c1. The van der Waals surface area contributed by atoms with E-state index in [-0.39, 0.29) is 0 Å². The summed E-state index contributed by atoms with van der Waals surface area (Å²) in [7, 11) is 0. The molecule has 3 aromatic heterocycles. The minimum atomic E-state index is 0.627. The summed E-state index contributed by atoms with van der Waals surface area (Å²) in [6.07, 6.45) is 0. The molecule has 0 N–H and O–H groups in total. The van der Waals surface area contributed by atoms with Crippen LogP contribution in [0.2, 0.25) is 0 Å². The van der Waals surface area contributed by atoms with Gasteiger partial charge in [0.05, 0.1) is 16.7 Å². The lowest BCUT2D eigenvalue weighted by Gasteiger charge is -2.17. The van der Waals surface area contributed by atoms with E-state index in [0.717, 1.165) is 39.0 Å². The molecule has 0 aliphatic rings. The molecular formula is C47H32N4S. The smallest absolute Gasteiger partial charge is 0.166 e. The second-order valence-corrected chi connectivity index (χ2v) is 14.5. The van der Waals surface area contributed by atoms with E-state index in [1.54, 1.807) is 0 Å². The van der Waals surface area contributed by atoms with Gasteiger partial charge in [-0.2, -0.15) is 0 Å². The zero-order chi connectivity index (χ0) is 34.8. The van der Waals surface area contributed by atoms with Crippen LogP contribution in [0.3, 0.4) is 0 Å². The van der Waals surface area contributed by atoms with Crippen molar-refractivity contribution in [3.63, 3.8) is 0 Å². The summed E-state index contributed by atoms with van der Waals surface area (Å²) in [5, 5.41) is 4.98. The number of thiophene rings is 1. The molecule has 0 saturated heterocycles. The maximum absolute atomic E-state index is 5.27. The summed E-state index contributed by atoms with van der Waals surface area (Å²) in [6.45, 7) is 4.32. The Bertz CT molecular complexity index is 2860. The van der Waals surface area contributed by atoms with Crippen molar-refractivity contribution in [3.05, 3.63) is 169 Å². The molecule has 0 unspecified atom stereocenters. The average molecular weight is 685 g/mol. The number of benzene rings is 7. The highest BCUT2D eigenvalue weighted by atomic mass is 32.1. The van der Waals surface area contributed by atoms with E-state index in [1.165, 1.54) is 47.6 Å². The molecule has 5 heteroatoms. The molecule has 0 radical (unpaired) electrons. The van der Waals surface area contributed by atoms with Crippen LogP contribution in [0.4, 0.5) is 0 Å². The maximum atomic E-state index is 5.27. The number of aromatic nitrogens is 4. The van der Waals surface area contributed by atoms with Crippen LogP contribution in [0.1, 0.15) is 11.1 Å².